The molecule has 1 aromatic heterocycles. The molecule has 31 heavy (non-hydrogen) atoms. The Morgan fingerprint density at radius 3 is 2.55 bits per heavy atom. The molecule has 0 saturated carbocycles. The predicted octanol–water partition coefficient (Wildman–Crippen LogP) is 4.94. The number of halogens is 6. The van der Waals surface area contributed by atoms with Crippen molar-refractivity contribution in [3.63, 3.8) is 0 Å². The van der Waals surface area contributed by atoms with Gasteiger partial charge in [-0.05, 0) is 37.3 Å². The summed E-state index contributed by atoms with van der Waals surface area (Å²) in [5, 5.41) is 7.36. The van der Waals surface area contributed by atoms with Crippen molar-refractivity contribution in [2.45, 2.75) is 32.2 Å². The van der Waals surface area contributed by atoms with Gasteiger partial charge in [0.05, 0.1) is 22.7 Å². The maximum atomic E-state index is 13.6. The van der Waals surface area contributed by atoms with E-state index in [9.17, 15) is 26.7 Å². The smallest absolute Gasteiger partial charge is 0.327 e. The fraction of sp³-hybridized carbons (Fsp3) is 0.250. The number of benzene rings is 2. The van der Waals surface area contributed by atoms with Gasteiger partial charge in [0, 0.05) is 18.2 Å². The Labute approximate surface area is 178 Å². The Morgan fingerprint density at radius 1 is 1.13 bits per heavy atom. The highest BCUT2D eigenvalue weighted by atomic mass is 35.5. The zero-order chi connectivity index (χ0) is 22.5. The summed E-state index contributed by atoms with van der Waals surface area (Å²) in [5.41, 5.74) is -1.05. The first-order chi connectivity index (χ1) is 14.6. The zero-order valence-electron chi connectivity index (χ0n) is 15.9. The van der Waals surface area contributed by atoms with Crippen LogP contribution in [0.2, 0.25) is 5.02 Å². The van der Waals surface area contributed by atoms with Crippen LogP contribution in [0.4, 0.5) is 22.0 Å². The lowest BCUT2D eigenvalue weighted by Gasteiger charge is -2.34. The number of hydrogen-bond donors (Lipinski definition) is 0. The van der Waals surface area contributed by atoms with E-state index in [-0.39, 0.29) is 18.7 Å². The van der Waals surface area contributed by atoms with Crippen LogP contribution >= 0.6 is 11.6 Å². The maximum Gasteiger partial charge on any atom is 0.417 e. The largest absolute Gasteiger partial charge is 0.417 e. The normalized spacial score (nSPS) is 16.4. The minimum absolute atomic E-state index is 0.0384. The van der Waals surface area contributed by atoms with E-state index in [1.165, 1.54) is 17.0 Å². The molecular weight excluding hydrogens is 443 g/mol. The van der Waals surface area contributed by atoms with Crippen LogP contribution in [0.15, 0.2) is 36.4 Å². The number of amides is 1. The third-order valence-electron chi connectivity index (χ3n) is 5.09. The lowest BCUT2D eigenvalue weighted by Crippen LogP contribution is -2.45. The molecule has 0 N–H and O–H groups in total. The van der Waals surface area contributed by atoms with Gasteiger partial charge < -0.3 is 9.47 Å². The Bertz CT molecular complexity index is 1180. The number of alkyl halides is 3. The van der Waals surface area contributed by atoms with Crippen molar-refractivity contribution in [3.05, 3.63) is 70.0 Å². The second-order valence-electron chi connectivity index (χ2n) is 7.13. The summed E-state index contributed by atoms with van der Waals surface area (Å²) in [6, 6.07) is 6.05. The quantitative estimate of drug-likeness (QED) is 0.513. The summed E-state index contributed by atoms with van der Waals surface area (Å²) in [7, 11) is 0. The first-order valence-electron chi connectivity index (χ1n) is 9.12. The van der Waals surface area contributed by atoms with E-state index in [0.29, 0.717) is 17.2 Å². The molecule has 3 aromatic rings. The van der Waals surface area contributed by atoms with Crippen molar-refractivity contribution in [1.82, 2.24) is 19.7 Å². The number of carbonyl (C=O) groups excluding carboxylic acids is 1. The Hall–Kier alpha value is -3.01. The predicted molar refractivity (Wildman–Crippen MR) is 101 cm³/mol. The topological polar surface area (TPSA) is 51.0 Å². The van der Waals surface area contributed by atoms with E-state index >= 15 is 0 Å². The van der Waals surface area contributed by atoms with Crippen LogP contribution in [0.25, 0.3) is 11.4 Å². The molecule has 2 heterocycles. The minimum Gasteiger partial charge on any atom is -0.327 e. The van der Waals surface area contributed by atoms with Crippen molar-refractivity contribution >= 4 is 17.5 Å². The summed E-state index contributed by atoms with van der Waals surface area (Å²) in [4.78, 5) is 14.4. The first-order valence-corrected chi connectivity index (χ1v) is 9.50. The molecule has 2 aromatic carbocycles. The highest BCUT2D eigenvalue weighted by molar-refractivity contribution is 6.34. The van der Waals surface area contributed by atoms with Gasteiger partial charge in [-0.1, -0.05) is 17.7 Å². The molecular formula is C20H14ClF5N4O. The Morgan fingerprint density at radius 2 is 1.87 bits per heavy atom. The van der Waals surface area contributed by atoms with E-state index in [1.807, 2.05) is 0 Å². The van der Waals surface area contributed by atoms with Gasteiger partial charge in [0.25, 0.3) is 5.91 Å². The number of fused-ring (bicyclic) bond motifs is 1. The summed E-state index contributed by atoms with van der Waals surface area (Å²) in [6.07, 6.45) is -4.69. The van der Waals surface area contributed by atoms with Crippen molar-refractivity contribution in [1.29, 1.82) is 0 Å². The molecule has 0 fully saturated rings. The Kier molecular flexibility index (Phi) is 5.20. The maximum absolute atomic E-state index is 13.6. The van der Waals surface area contributed by atoms with Gasteiger partial charge in [0.15, 0.2) is 23.3 Å². The minimum atomic E-state index is -4.69. The van der Waals surface area contributed by atoms with E-state index in [4.69, 9.17) is 11.6 Å². The average Bonchev–Trinajstić information content (AvgIpc) is 3.11. The zero-order valence-corrected chi connectivity index (χ0v) is 16.7. The molecule has 0 radical (unpaired) electrons. The molecule has 1 amide bonds. The van der Waals surface area contributed by atoms with Crippen LogP contribution in [0, 0.1) is 11.6 Å². The van der Waals surface area contributed by atoms with E-state index < -0.39 is 40.3 Å². The third kappa shape index (κ3) is 3.76. The second kappa shape index (κ2) is 7.60. The van der Waals surface area contributed by atoms with Crippen LogP contribution in [-0.4, -0.2) is 31.6 Å². The number of aromatic nitrogens is 3. The highest BCUT2D eigenvalue weighted by Crippen LogP contribution is 2.37. The van der Waals surface area contributed by atoms with Crippen molar-refractivity contribution in [3.8, 4) is 11.4 Å². The molecule has 1 aliphatic rings. The van der Waals surface area contributed by atoms with Crippen LogP contribution in [0.1, 0.15) is 28.7 Å². The van der Waals surface area contributed by atoms with Crippen LogP contribution < -0.4 is 0 Å². The molecule has 0 saturated heterocycles. The summed E-state index contributed by atoms with van der Waals surface area (Å²) in [6.45, 7) is 1.87. The summed E-state index contributed by atoms with van der Waals surface area (Å²) >= 11 is 5.90. The van der Waals surface area contributed by atoms with Crippen LogP contribution in [-0.2, 0) is 19.3 Å². The number of carbonyl (C=O) groups is 1. The van der Waals surface area contributed by atoms with Crippen molar-refractivity contribution < 1.29 is 26.7 Å². The second-order valence-corrected chi connectivity index (χ2v) is 7.50. The Balaban J connectivity index is 1.66. The lowest BCUT2D eigenvalue weighted by atomic mass is 10.1. The van der Waals surface area contributed by atoms with Crippen molar-refractivity contribution in [2.24, 2.45) is 0 Å². The fourth-order valence-electron chi connectivity index (χ4n) is 3.51. The molecule has 5 nitrogen and oxygen atoms in total. The van der Waals surface area contributed by atoms with E-state index in [2.05, 4.69) is 10.2 Å². The highest BCUT2D eigenvalue weighted by Gasteiger charge is 2.37. The number of hydrogen-bond acceptors (Lipinski definition) is 3. The van der Waals surface area contributed by atoms with Crippen LogP contribution in [0.5, 0.6) is 0 Å². The third-order valence-corrected chi connectivity index (χ3v) is 5.50. The molecule has 1 atom stereocenters. The van der Waals surface area contributed by atoms with E-state index in [1.54, 1.807) is 11.5 Å². The van der Waals surface area contributed by atoms with Gasteiger partial charge in [-0.25, -0.2) is 8.78 Å². The SMILES string of the molecule is C[C@H]1Cn2c(nnc2-c2ccc(F)c(F)c2)CN1C(=O)c1cccc(C(F)(F)F)c1Cl. The fourth-order valence-corrected chi connectivity index (χ4v) is 3.82. The standard InChI is InChI=1S/C20H14ClF5N4O/c1-10-8-30-16(27-28-18(30)11-5-6-14(22)15(23)7-11)9-29(10)19(31)12-3-2-4-13(17(12)21)20(24,25)26/h2-7,10H,8-9H2,1H3/t10-/m0/s1. The summed E-state index contributed by atoms with van der Waals surface area (Å²) in [5.74, 6) is -2.05. The van der Waals surface area contributed by atoms with Gasteiger partial charge in [-0.2, -0.15) is 13.2 Å². The average molecular weight is 457 g/mol. The molecule has 11 heteroatoms. The lowest BCUT2D eigenvalue weighted by molar-refractivity contribution is -0.137. The van der Waals surface area contributed by atoms with Gasteiger partial charge in [-0.3, -0.25) is 4.79 Å². The molecule has 0 unspecified atom stereocenters. The molecule has 0 spiro atoms. The molecule has 0 aliphatic carbocycles. The van der Waals surface area contributed by atoms with Gasteiger partial charge in [0.1, 0.15) is 0 Å². The first kappa shape index (κ1) is 21.2. The van der Waals surface area contributed by atoms with Crippen LogP contribution in [0.3, 0.4) is 0 Å². The van der Waals surface area contributed by atoms with Crippen molar-refractivity contribution in [2.75, 3.05) is 0 Å². The summed E-state index contributed by atoms with van der Waals surface area (Å²) < 4.78 is 67.9. The number of rotatable bonds is 2. The van der Waals surface area contributed by atoms with Gasteiger partial charge >= 0.3 is 6.18 Å². The van der Waals surface area contributed by atoms with E-state index in [0.717, 1.165) is 24.3 Å². The molecule has 4 rings (SSSR count). The van der Waals surface area contributed by atoms with Gasteiger partial charge in [-0.15, -0.1) is 10.2 Å². The van der Waals surface area contributed by atoms with Gasteiger partial charge in [0.2, 0.25) is 0 Å². The molecule has 162 valence electrons. The molecule has 1 aliphatic heterocycles. The number of nitrogens with zero attached hydrogens (tertiary/aromatic N) is 4. The monoisotopic (exact) mass is 456 g/mol. The molecule has 0 bridgehead atoms.